The van der Waals surface area contributed by atoms with Crippen molar-refractivity contribution in [3.8, 4) is 5.75 Å². The van der Waals surface area contributed by atoms with E-state index in [1.165, 1.54) is 0 Å². The van der Waals surface area contributed by atoms with Crippen molar-refractivity contribution >= 4 is 11.6 Å². The lowest BCUT2D eigenvalue weighted by Gasteiger charge is -2.12. The van der Waals surface area contributed by atoms with Gasteiger partial charge in [0.15, 0.2) is 0 Å². The van der Waals surface area contributed by atoms with Crippen LogP contribution >= 0.6 is 11.6 Å². The van der Waals surface area contributed by atoms with E-state index in [0.29, 0.717) is 17.7 Å². The van der Waals surface area contributed by atoms with Crippen LogP contribution in [0, 0.1) is 6.92 Å². The van der Waals surface area contributed by atoms with Gasteiger partial charge >= 0.3 is 0 Å². The quantitative estimate of drug-likeness (QED) is 0.749. The minimum atomic E-state index is 0.581. The summed E-state index contributed by atoms with van der Waals surface area (Å²) in [5, 5.41) is 4.12. The zero-order valence-corrected chi connectivity index (χ0v) is 11.7. The Labute approximate surface area is 109 Å². The molecule has 1 N–H and O–H groups in total. The molecule has 0 fully saturated rings. The normalized spacial score (nSPS) is 12.5. The highest BCUT2D eigenvalue weighted by Gasteiger charge is 2.01. The fourth-order valence-corrected chi connectivity index (χ4v) is 1.76. The van der Waals surface area contributed by atoms with E-state index >= 15 is 0 Å². The average molecular weight is 256 g/mol. The summed E-state index contributed by atoms with van der Waals surface area (Å²) in [4.78, 5) is 0. The smallest absolute Gasteiger partial charge is 0.137 e. The lowest BCUT2D eigenvalue weighted by Crippen LogP contribution is -2.27. The molecular weight excluding hydrogens is 234 g/mol. The van der Waals surface area contributed by atoms with Crippen LogP contribution in [0.2, 0.25) is 5.02 Å². The summed E-state index contributed by atoms with van der Waals surface area (Å²) in [5.74, 6) is 0.779. The Hall–Kier alpha value is -0.730. The van der Waals surface area contributed by atoms with Gasteiger partial charge in [-0.1, -0.05) is 24.6 Å². The van der Waals surface area contributed by atoms with Gasteiger partial charge in [0.2, 0.25) is 0 Å². The van der Waals surface area contributed by atoms with Crippen molar-refractivity contribution in [2.75, 3.05) is 13.2 Å². The Morgan fingerprint density at radius 3 is 2.82 bits per heavy atom. The molecule has 0 aliphatic carbocycles. The monoisotopic (exact) mass is 255 g/mol. The molecule has 0 saturated carbocycles. The van der Waals surface area contributed by atoms with Crippen LogP contribution in [-0.2, 0) is 0 Å². The molecule has 0 heterocycles. The predicted molar refractivity (Wildman–Crippen MR) is 74.1 cm³/mol. The van der Waals surface area contributed by atoms with Crippen LogP contribution in [0.4, 0.5) is 0 Å². The van der Waals surface area contributed by atoms with Gasteiger partial charge in [0.25, 0.3) is 0 Å². The van der Waals surface area contributed by atoms with E-state index in [-0.39, 0.29) is 0 Å². The fraction of sp³-hybridized carbons (Fsp3) is 0.571. The molecule has 0 bridgehead atoms. The number of aryl methyl sites for hydroxylation is 1. The largest absolute Gasteiger partial charge is 0.492 e. The van der Waals surface area contributed by atoms with Crippen LogP contribution in [0.15, 0.2) is 18.2 Å². The first-order chi connectivity index (χ1) is 8.13. The molecule has 0 aromatic heterocycles. The van der Waals surface area contributed by atoms with Gasteiger partial charge in [0.05, 0.1) is 11.6 Å². The summed E-state index contributed by atoms with van der Waals surface area (Å²) in [6, 6.07) is 6.45. The van der Waals surface area contributed by atoms with Gasteiger partial charge in [-0.2, -0.15) is 0 Å². The van der Waals surface area contributed by atoms with Crippen molar-refractivity contribution in [2.24, 2.45) is 0 Å². The van der Waals surface area contributed by atoms with Crippen LogP contribution in [0.5, 0.6) is 5.75 Å². The Morgan fingerprint density at radius 2 is 2.18 bits per heavy atom. The molecule has 0 aliphatic heterocycles. The second kappa shape index (κ2) is 7.57. The first kappa shape index (κ1) is 14.3. The van der Waals surface area contributed by atoms with E-state index in [4.69, 9.17) is 16.3 Å². The average Bonchev–Trinajstić information content (AvgIpc) is 2.30. The van der Waals surface area contributed by atoms with Crippen LogP contribution in [0.3, 0.4) is 0 Å². The van der Waals surface area contributed by atoms with E-state index in [1.54, 1.807) is 0 Å². The van der Waals surface area contributed by atoms with Crippen molar-refractivity contribution in [3.05, 3.63) is 28.8 Å². The Bertz CT molecular complexity index is 341. The molecule has 1 atom stereocenters. The van der Waals surface area contributed by atoms with Crippen LogP contribution < -0.4 is 10.1 Å². The van der Waals surface area contributed by atoms with Gasteiger partial charge in [-0.05, 0) is 50.9 Å². The van der Waals surface area contributed by atoms with E-state index in [9.17, 15) is 0 Å². The van der Waals surface area contributed by atoms with Crippen LogP contribution in [-0.4, -0.2) is 19.2 Å². The van der Waals surface area contributed by atoms with Crippen molar-refractivity contribution in [1.29, 1.82) is 0 Å². The van der Waals surface area contributed by atoms with Gasteiger partial charge in [-0.15, -0.1) is 0 Å². The number of hydrogen-bond donors (Lipinski definition) is 1. The van der Waals surface area contributed by atoms with E-state index < -0.39 is 0 Å². The van der Waals surface area contributed by atoms with Gasteiger partial charge in [0.1, 0.15) is 5.75 Å². The number of hydrogen-bond acceptors (Lipinski definition) is 2. The Morgan fingerprint density at radius 1 is 1.41 bits per heavy atom. The highest BCUT2D eigenvalue weighted by molar-refractivity contribution is 6.32. The second-order valence-corrected chi connectivity index (χ2v) is 4.81. The van der Waals surface area contributed by atoms with Gasteiger partial charge in [-0.3, -0.25) is 0 Å². The van der Waals surface area contributed by atoms with Gasteiger partial charge < -0.3 is 10.1 Å². The first-order valence-corrected chi connectivity index (χ1v) is 6.63. The predicted octanol–water partition coefficient (Wildman–Crippen LogP) is 3.81. The molecule has 0 radical (unpaired) electrons. The summed E-state index contributed by atoms with van der Waals surface area (Å²) < 4.78 is 5.64. The molecule has 1 unspecified atom stereocenters. The topological polar surface area (TPSA) is 21.3 Å². The zero-order valence-electron chi connectivity index (χ0n) is 10.9. The van der Waals surface area contributed by atoms with Crippen molar-refractivity contribution < 1.29 is 4.74 Å². The molecule has 1 aromatic rings. The maximum atomic E-state index is 6.07. The number of halogens is 1. The summed E-state index contributed by atoms with van der Waals surface area (Å²) in [6.07, 6.45) is 2.15. The lowest BCUT2D eigenvalue weighted by atomic mass is 10.2. The van der Waals surface area contributed by atoms with Crippen molar-refractivity contribution in [3.63, 3.8) is 0 Å². The number of benzene rings is 1. The molecule has 96 valence electrons. The third-order valence-electron chi connectivity index (χ3n) is 2.77. The van der Waals surface area contributed by atoms with E-state index in [1.807, 2.05) is 25.1 Å². The molecule has 2 nitrogen and oxygen atoms in total. The molecule has 0 amide bonds. The van der Waals surface area contributed by atoms with E-state index in [2.05, 4.69) is 19.2 Å². The summed E-state index contributed by atoms with van der Waals surface area (Å²) >= 11 is 6.07. The third-order valence-corrected chi connectivity index (χ3v) is 3.07. The molecule has 1 rings (SSSR count). The van der Waals surface area contributed by atoms with Gasteiger partial charge in [0, 0.05) is 6.04 Å². The maximum absolute atomic E-state index is 6.07. The number of rotatable bonds is 7. The Kier molecular flexibility index (Phi) is 6.38. The molecule has 0 spiro atoms. The SMILES string of the molecule is CCC(C)NCCCOc1ccc(C)cc1Cl. The molecule has 0 aliphatic rings. The first-order valence-electron chi connectivity index (χ1n) is 6.25. The molecule has 1 aromatic carbocycles. The van der Waals surface area contributed by atoms with E-state index in [0.717, 1.165) is 30.7 Å². The minimum Gasteiger partial charge on any atom is -0.492 e. The highest BCUT2D eigenvalue weighted by atomic mass is 35.5. The molecule has 0 saturated heterocycles. The zero-order chi connectivity index (χ0) is 12.7. The molecule has 17 heavy (non-hydrogen) atoms. The standard InChI is InChI=1S/C14H22ClNO/c1-4-12(3)16-8-5-9-17-14-7-6-11(2)10-13(14)15/h6-7,10,12,16H,4-5,8-9H2,1-3H3. The maximum Gasteiger partial charge on any atom is 0.137 e. The Balaban J connectivity index is 2.22. The minimum absolute atomic E-state index is 0.581. The second-order valence-electron chi connectivity index (χ2n) is 4.40. The summed E-state index contributed by atoms with van der Waals surface area (Å²) in [7, 11) is 0. The van der Waals surface area contributed by atoms with Gasteiger partial charge in [-0.25, -0.2) is 0 Å². The van der Waals surface area contributed by atoms with Crippen molar-refractivity contribution in [2.45, 2.75) is 39.7 Å². The molecular formula is C14H22ClNO. The van der Waals surface area contributed by atoms with Crippen LogP contribution in [0.25, 0.3) is 0 Å². The summed E-state index contributed by atoms with van der Waals surface area (Å²) in [6.45, 7) is 8.08. The fourth-order valence-electron chi connectivity index (χ4n) is 1.47. The lowest BCUT2D eigenvalue weighted by molar-refractivity contribution is 0.305. The number of nitrogens with one attached hydrogen (secondary N) is 1. The third kappa shape index (κ3) is 5.42. The van der Waals surface area contributed by atoms with Crippen molar-refractivity contribution in [1.82, 2.24) is 5.32 Å². The molecule has 3 heteroatoms. The highest BCUT2D eigenvalue weighted by Crippen LogP contribution is 2.25. The number of ether oxygens (including phenoxy) is 1. The summed E-state index contributed by atoms with van der Waals surface area (Å²) in [5.41, 5.74) is 1.15. The van der Waals surface area contributed by atoms with Crippen LogP contribution in [0.1, 0.15) is 32.3 Å².